The van der Waals surface area contributed by atoms with Gasteiger partial charge < -0.3 is 14.8 Å². The highest BCUT2D eigenvalue weighted by molar-refractivity contribution is 6.06. The summed E-state index contributed by atoms with van der Waals surface area (Å²) in [5, 5.41) is 0.379. The fraction of sp³-hybridized carbons (Fsp3) is 0.476. The van der Waals surface area contributed by atoms with Crippen molar-refractivity contribution in [3.05, 3.63) is 46.0 Å². The highest BCUT2D eigenvalue weighted by Crippen LogP contribution is 2.41. The molecule has 1 atom stereocenters. The van der Waals surface area contributed by atoms with E-state index in [0.29, 0.717) is 30.4 Å². The SMILES string of the molecule is CC(C)N1CCC[C@]2(CCN(C(=O)c3cc(=O)[nH]c4ccc(F)cc34)C2)C1=O. The number of nitrogens with one attached hydrogen (secondary N) is 1. The van der Waals surface area contributed by atoms with Gasteiger partial charge in [-0.3, -0.25) is 14.4 Å². The number of aromatic nitrogens is 1. The zero-order chi connectivity index (χ0) is 20.1. The first-order valence-corrected chi connectivity index (χ1v) is 9.74. The van der Waals surface area contributed by atoms with Crippen molar-refractivity contribution >= 4 is 22.7 Å². The molecule has 1 N–H and O–H groups in total. The molecule has 2 aliphatic heterocycles. The Kier molecular flexibility index (Phi) is 4.48. The second kappa shape index (κ2) is 6.72. The smallest absolute Gasteiger partial charge is 0.254 e. The summed E-state index contributed by atoms with van der Waals surface area (Å²) in [6.07, 6.45) is 2.31. The van der Waals surface area contributed by atoms with E-state index in [2.05, 4.69) is 4.98 Å². The normalized spacial score (nSPS) is 22.6. The van der Waals surface area contributed by atoms with Gasteiger partial charge in [-0.1, -0.05) is 0 Å². The third-order valence-electron chi connectivity index (χ3n) is 6.07. The van der Waals surface area contributed by atoms with Crippen LogP contribution in [0.25, 0.3) is 10.9 Å². The van der Waals surface area contributed by atoms with E-state index in [-0.39, 0.29) is 23.4 Å². The van der Waals surface area contributed by atoms with E-state index < -0.39 is 16.8 Å². The lowest BCUT2D eigenvalue weighted by molar-refractivity contribution is -0.147. The lowest BCUT2D eigenvalue weighted by Gasteiger charge is -2.41. The average molecular weight is 385 g/mol. The van der Waals surface area contributed by atoms with Crippen LogP contribution < -0.4 is 5.56 Å². The Morgan fingerprint density at radius 2 is 1.96 bits per heavy atom. The van der Waals surface area contributed by atoms with E-state index in [9.17, 15) is 18.8 Å². The highest BCUT2D eigenvalue weighted by Gasteiger charge is 2.49. The van der Waals surface area contributed by atoms with Crippen LogP contribution in [0.5, 0.6) is 0 Å². The lowest BCUT2D eigenvalue weighted by atomic mass is 9.78. The number of halogens is 1. The van der Waals surface area contributed by atoms with Crippen molar-refractivity contribution in [1.82, 2.24) is 14.8 Å². The van der Waals surface area contributed by atoms with Crippen molar-refractivity contribution in [2.24, 2.45) is 5.41 Å². The third kappa shape index (κ3) is 2.99. The predicted molar refractivity (Wildman–Crippen MR) is 104 cm³/mol. The van der Waals surface area contributed by atoms with E-state index in [1.54, 1.807) is 4.90 Å². The summed E-state index contributed by atoms with van der Waals surface area (Å²) in [5.74, 6) is -0.680. The average Bonchev–Trinajstić information content (AvgIpc) is 3.08. The molecule has 0 unspecified atom stereocenters. The van der Waals surface area contributed by atoms with Crippen molar-refractivity contribution in [2.75, 3.05) is 19.6 Å². The molecule has 28 heavy (non-hydrogen) atoms. The van der Waals surface area contributed by atoms with Crippen LogP contribution in [-0.2, 0) is 4.79 Å². The second-order valence-corrected chi connectivity index (χ2v) is 8.19. The molecular formula is C21H24FN3O3. The molecule has 4 rings (SSSR count). The van der Waals surface area contributed by atoms with Gasteiger partial charge in [-0.05, 0) is 51.3 Å². The molecule has 6 nitrogen and oxygen atoms in total. The van der Waals surface area contributed by atoms with Crippen LogP contribution in [0.3, 0.4) is 0 Å². The van der Waals surface area contributed by atoms with Gasteiger partial charge in [0, 0.05) is 42.6 Å². The maximum atomic E-state index is 13.7. The van der Waals surface area contributed by atoms with Crippen molar-refractivity contribution in [1.29, 1.82) is 0 Å². The summed E-state index contributed by atoms with van der Waals surface area (Å²) in [6.45, 7) is 5.57. The summed E-state index contributed by atoms with van der Waals surface area (Å²) in [7, 11) is 0. The molecule has 3 heterocycles. The number of hydrogen-bond acceptors (Lipinski definition) is 3. The minimum atomic E-state index is -0.541. The van der Waals surface area contributed by atoms with E-state index >= 15 is 0 Å². The Bertz CT molecular complexity index is 1020. The van der Waals surface area contributed by atoms with Gasteiger partial charge in [0.05, 0.1) is 11.0 Å². The van der Waals surface area contributed by atoms with Gasteiger partial charge in [-0.2, -0.15) is 0 Å². The standard InChI is InChI=1S/C21H24FN3O3/c1-13(2)25-8-3-6-21(20(25)28)7-9-24(12-21)19(27)16-11-18(26)23-17-5-4-14(22)10-15(16)17/h4-5,10-11,13H,3,6-9,12H2,1-2H3,(H,23,26)/t21-/m1/s1. The summed E-state index contributed by atoms with van der Waals surface area (Å²) in [4.78, 5) is 44.5. The molecule has 1 spiro atoms. The molecule has 2 aliphatic rings. The number of hydrogen-bond donors (Lipinski definition) is 1. The molecular weight excluding hydrogens is 361 g/mol. The van der Waals surface area contributed by atoms with Gasteiger partial charge in [-0.25, -0.2) is 4.39 Å². The molecule has 1 aromatic carbocycles. The molecule has 148 valence electrons. The number of pyridine rings is 1. The summed E-state index contributed by atoms with van der Waals surface area (Å²) < 4.78 is 13.7. The quantitative estimate of drug-likeness (QED) is 0.863. The van der Waals surface area contributed by atoms with Crippen LogP contribution in [0, 0.1) is 11.2 Å². The van der Waals surface area contributed by atoms with Crippen molar-refractivity contribution < 1.29 is 14.0 Å². The first-order valence-electron chi connectivity index (χ1n) is 9.74. The number of piperidine rings is 1. The number of H-pyrrole nitrogens is 1. The maximum absolute atomic E-state index is 13.7. The summed E-state index contributed by atoms with van der Waals surface area (Å²) in [5.41, 5.74) is -0.346. The van der Waals surface area contributed by atoms with Crippen LogP contribution in [0.15, 0.2) is 29.1 Å². The molecule has 7 heteroatoms. The number of carbonyl (C=O) groups is 2. The third-order valence-corrected chi connectivity index (χ3v) is 6.07. The number of rotatable bonds is 2. The van der Waals surface area contributed by atoms with Crippen molar-refractivity contribution in [2.45, 2.75) is 39.2 Å². The van der Waals surface area contributed by atoms with Gasteiger partial charge in [-0.15, -0.1) is 0 Å². The van der Waals surface area contributed by atoms with Crippen LogP contribution >= 0.6 is 0 Å². The Morgan fingerprint density at radius 1 is 1.18 bits per heavy atom. The van der Waals surface area contributed by atoms with Gasteiger partial charge in [0.2, 0.25) is 11.5 Å². The topological polar surface area (TPSA) is 73.5 Å². The van der Waals surface area contributed by atoms with Crippen LogP contribution in [0.1, 0.15) is 43.5 Å². The fourth-order valence-corrected chi connectivity index (χ4v) is 4.59. The minimum absolute atomic E-state index is 0.117. The fourth-order valence-electron chi connectivity index (χ4n) is 4.59. The zero-order valence-electron chi connectivity index (χ0n) is 16.1. The Balaban J connectivity index is 1.66. The molecule has 2 amide bonds. The molecule has 0 saturated carbocycles. The molecule has 0 radical (unpaired) electrons. The first kappa shape index (κ1) is 18.7. The van der Waals surface area contributed by atoms with E-state index in [0.717, 1.165) is 19.4 Å². The largest absolute Gasteiger partial charge is 0.340 e. The number of nitrogens with zero attached hydrogens (tertiary/aromatic N) is 2. The molecule has 0 aliphatic carbocycles. The van der Waals surface area contributed by atoms with Crippen molar-refractivity contribution in [3.63, 3.8) is 0 Å². The Hall–Kier alpha value is -2.70. The Morgan fingerprint density at radius 3 is 2.71 bits per heavy atom. The first-order chi connectivity index (χ1) is 13.3. The minimum Gasteiger partial charge on any atom is -0.340 e. The van der Waals surface area contributed by atoms with Gasteiger partial charge >= 0.3 is 0 Å². The van der Waals surface area contributed by atoms with Gasteiger partial charge in [0.25, 0.3) is 5.91 Å². The molecule has 0 bridgehead atoms. The Labute approximate surface area is 162 Å². The maximum Gasteiger partial charge on any atom is 0.254 e. The van der Waals surface area contributed by atoms with Crippen LogP contribution in [0.2, 0.25) is 0 Å². The van der Waals surface area contributed by atoms with Gasteiger partial charge in [0.1, 0.15) is 5.82 Å². The second-order valence-electron chi connectivity index (χ2n) is 8.19. The molecule has 2 fully saturated rings. The molecule has 2 saturated heterocycles. The monoisotopic (exact) mass is 385 g/mol. The van der Waals surface area contributed by atoms with Crippen LogP contribution in [-0.4, -0.2) is 52.3 Å². The van der Waals surface area contributed by atoms with E-state index in [1.165, 1.54) is 24.3 Å². The predicted octanol–water partition coefficient (Wildman–Crippen LogP) is 2.53. The molecule has 1 aromatic heterocycles. The number of benzene rings is 1. The number of aromatic amines is 1. The van der Waals surface area contributed by atoms with Crippen molar-refractivity contribution in [3.8, 4) is 0 Å². The van der Waals surface area contributed by atoms with E-state index in [1.807, 2.05) is 18.7 Å². The number of amides is 2. The summed E-state index contributed by atoms with van der Waals surface area (Å²) >= 11 is 0. The number of carbonyl (C=O) groups excluding carboxylic acids is 2. The van der Waals surface area contributed by atoms with E-state index in [4.69, 9.17) is 0 Å². The summed E-state index contributed by atoms with van der Waals surface area (Å²) in [6, 6.07) is 5.32. The highest BCUT2D eigenvalue weighted by atomic mass is 19.1. The zero-order valence-corrected chi connectivity index (χ0v) is 16.1. The van der Waals surface area contributed by atoms with Gasteiger partial charge in [0.15, 0.2) is 0 Å². The number of likely N-dealkylation sites (tertiary alicyclic amines) is 2. The molecule has 2 aromatic rings. The number of fused-ring (bicyclic) bond motifs is 1. The van der Waals surface area contributed by atoms with Crippen LogP contribution in [0.4, 0.5) is 4.39 Å². The lowest BCUT2D eigenvalue weighted by Crippen LogP contribution is -2.52.